The Bertz CT molecular complexity index is 386. The van der Waals surface area contributed by atoms with Crippen molar-refractivity contribution in [2.24, 2.45) is 0 Å². The van der Waals surface area contributed by atoms with Crippen molar-refractivity contribution in [2.45, 2.75) is 46.7 Å². The van der Waals surface area contributed by atoms with Gasteiger partial charge < -0.3 is 5.32 Å². The normalized spacial score (nSPS) is 12.4. The van der Waals surface area contributed by atoms with Crippen molar-refractivity contribution in [2.75, 3.05) is 6.54 Å². The summed E-state index contributed by atoms with van der Waals surface area (Å²) >= 11 is 0. The van der Waals surface area contributed by atoms with Gasteiger partial charge in [0.1, 0.15) is 6.04 Å². The van der Waals surface area contributed by atoms with E-state index in [9.17, 15) is 0 Å². The number of hydrogen-bond donors (Lipinski definition) is 1. The van der Waals surface area contributed by atoms with Gasteiger partial charge in [0.05, 0.1) is 18.3 Å². The lowest BCUT2D eigenvalue weighted by Crippen LogP contribution is -2.32. The lowest BCUT2D eigenvalue weighted by Gasteiger charge is -2.11. The average molecular weight is 220 g/mol. The lowest BCUT2D eigenvalue weighted by molar-refractivity contribution is 0.491. The quantitative estimate of drug-likeness (QED) is 0.819. The molecule has 0 saturated carbocycles. The Morgan fingerprint density at radius 3 is 2.56 bits per heavy atom. The molecule has 4 heteroatoms. The van der Waals surface area contributed by atoms with Crippen LogP contribution in [0.15, 0.2) is 0 Å². The molecule has 0 saturated heterocycles. The van der Waals surface area contributed by atoms with Gasteiger partial charge in [-0.2, -0.15) is 10.4 Å². The van der Waals surface area contributed by atoms with Gasteiger partial charge in [0.15, 0.2) is 0 Å². The molecule has 0 aromatic carbocycles. The molecule has 0 aliphatic rings. The van der Waals surface area contributed by atoms with E-state index in [0.717, 1.165) is 18.7 Å². The van der Waals surface area contributed by atoms with E-state index in [1.54, 1.807) is 0 Å². The summed E-state index contributed by atoms with van der Waals surface area (Å²) in [5.74, 6) is 0. The molecule has 1 aromatic rings. The molecule has 1 unspecified atom stereocenters. The van der Waals surface area contributed by atoms with Crippen molar-refractivity contribution < 1.29 is 0 Å². The highest BCUT2D eigenvalue weighted by Gasteiger charge is 2.13. The lowest BCUT2D eigenvalue weighted by atomic mass is 10.1. The fraction of sp³-hybridized carbons (Fsp3) is 0.667. The molecule has 1 heterocycles. The molecule has 0 amide bonds. The summed E-state index contributed by atoms with van der Waals surface area (Å²) in [6.07, 6.45) is 0.996. The predicted octanol–water partition coefficient (Wildman–Crippen LogP) is 1.56. The Morgan fingerprint density at radius 2 is 2.12 bits per heavy atom. The largest absolute Gasteiger partial charge is 0.301 e. The van der Waals surface area contributed by atoms with Crippen LogP contribution in [0.2, 0.25) is 0 Å². The molecule has 1 aromatic heterocycles. The zero-order valence-corrected chi connectivity index (χ0v) is 10.5. The van der Waals surface area contributed by atoms with E-state index in [0.29, 0.717) is 6.54 Å². The Labute approximate surface area is 97.3 Å². The van der Waals surface area contributed by atoms with E-state index in [4.69, 9.17) is 5.26 Å². The highest BCUT2D eigenvalue weighted by atomic mass is 15.3. The van der Waals surface area contributed by atoms with Crippen LogP contribution in [0.1, 0.15) is 30.8 Å². The van der Waals surface area contributed by atoms with Gasteiger partial charge in [-0.05, 0) is 32.4 Å². The number of aryl methyl sites for hydroxylation is 1. The fourth-order valence-corrected chi connectivity index (χ4v) is 1.99. The van der Waals surface area contributed by atoms with Crippen LogP contribution in [0.25, 0.3) is 0 Å². The molecule has 0 bridgehead atoms. The Kier molecular flexibility index (Phi) is 4.51. The minimum absolute atomic E-state index is 0.160. The molecule has 16 heavy (non-hydrogen) atoms. The van der Waals surface area contributed by atoms with Gasteiger partial charge in [0.25, 0.3) is 0 Å². The summed E-state index contributed by atoms with van der Waals surface area (Å²) in [6, 6.07) is 2.09. The first-order valence-corrected chi connectivity index (χ1v) is 5.79. The van der Waals surface area contributed by atoms with Crippen molar-refractivity contribution in [3.8, 4) is 6.07 Å². The van der Waals surface area contributed by atoms with Crippen molar-refractivity contribution in [1.29, 1.82) is 5.26 Å². The van der Waals surface area contributed by atoms with Crippen LogP contribution in [0.5, 0.6) is 0 Å². The highest BCUT2D eigenvalue weighted by molar-refractivity contribution is 5.24. The summed E-state index contributed by atoms with van der Waals surface area (Å²) in [5.41, 5.74) is 3.56. The minimum Gasteiger partial charge on any atom is -0.301 e. The van der Waals surface area contributed by atoms with Crippen molar-refractivity contribution in [3.05, 3.63) is 17.0 Å². The van der Waals surface area contributed by atoms with Crippen molar-refractivity contribution in [1.82, 2.24) is 15.1 Å². The number of likely N-dealkylation sites (N-methyl/N-ethyl adjacent to an activating group) is 1. The van der Waals surface area contributed by atoms with Gasteiger partial charge in [-0.1, -0.05) is 13.8 Å². The molecule has 1 rings (SSSR count). The average Bonchev–Trinajstić information content (AvgIpc) is 2.53. The number of hydrogen-bond acceptors (Lipinski definition) is 3. The van der Waals surface area contributed by atoms with Gasteiger partial charge >= 0.3 is 0 Å². The molecular weight excluding hydrogens is 200 g/mol. The summed E-state index contributed by atoms with van der Waals surface area (Å²) < 4.78 is 1.94. The second kappa shape index (κ2) is 5.66. The molecule has 0 radical (unpaired) electrons. The van der Waals surface area contributed by atoms with E-state index in [1.807, 2.05) is 18.5 Å². The van der Waals surface area contributed by atoms with Gasteiger partial charge in [0, 0.05) is 5.69 Å². The third-order valence-corrected chi connectivity index (χ3v) is 2.85. The van der Waals surface area contributed by atoms with Crippen LogP contribution in [0.3, 0.4) is 0 Å². The molecule has 0 spiro atoms. The van der Waals surface area contributed by atoms with Crippen molar-refractivity contribution in [3.63, 3.8) is 0 Å². The third kappa shape index (κ3) is 2.61. The van der Waals surface area contributed by atoms with Crippen LogP contribution in [-0.4, -0.2) is 22.4 Å². The molecule has 0 aliphatic carbocycles. The second-order valence-electron chi connectivity index (χ2n) is 3.92. The molecule has 88 valence electrons. The topological polar surface area (TPSA) is 53.6 Å². The number of nitriles is 1. The van der Waals surface area contributed by atoms with E-state index in [1.165, 1.54) is 11.3 Å². The maximum absolute atomic E-state index is 8.99. The van der Waals surface area contributed by atoms with E-state index in [2.05, 4.69) is 30.3 Å². The van der Waals surface area contributed by atoms with Crippen LogP contribution in [-0.2, 0) is 13.0 Å². The summed E-state index contributed by atoms with van der Waals surface area (Å²) in [6.45, 7) is 9.65. The zero-order chi connectivity index (χ0) is 12.1. The van der Waals surface area contributed by atoms with Crippen molar-refractivity contribution >= 4 is 0 Å². The van der Waals surface area contributed by atoms with Gasteiger partial charge in [-0.15, -0.1) is 0 Å². The summed E-state index contributed by atoms with van der Waals surface area (Å²) in [7, 11) is 0. The standard InChI is InChI=1S/C12H20N4/c1-5-12-9(3)15-16(10(12)4)8-11(7-13)14-6-2/h11,14H,5-6,8H2,1-4H3. The second-order valence-corrected chi connectivity index (χ2v) is 3.92. The number of aromatic nitrogens is 2. The maximum Gasteiger partial charge on any atom is 0.115 e. The van der Waals surface area contributed by atoms with Gasteiger partial charge in [-0.3, -0.25) is 4.68 Å². The first-order valence-electron chi connectivity index (χ1n) is 5.79. The number of rotatable bonds is 5. The minimum atomic E-state index is -0.160. The fourth-order valence-electron chi connectivity index (χ4n) is 1.99. The number of nitrogens with one attached hydrogen (secondary N) is 1. The molecule has 0 aliphatic heterocycles. The maximum atomic E-state index is 8.99. The van der Waals surface area contributed by atoms with E-state index in [-0.39, 0.29) is 6.04 Å². The highest BCUT2D eigenvalue weighted by Crippen LogP contribution is 2.13. The van der Waals surface area contributed by atoms with Crippen LogP contribution < -0.4 is 5.32 Å². The first kappa shape index (κ1) is 12.7. The molecular formula is C12H20N4. The van der Waals surface area contributed by atoms with Crippen LogP contribution >= 0.6 is 0 Å². The zero-order valence-electron chi connectivity index (χ0n) is 10.5. The molecule has 4 nitrogen and oxygen atoms in total. The van der Waals surface area contributed by atoms with E-state index < -0.39 is 0 Å². The molecule has 1 atom stereocenters. The Hall–Kier alpha value is -1.34. The first-order chi connectivity index (χ1) is 7.63. The monoisotopic (exact) mass is 220 g/mol. The van der Waals surface area contributed by atoms with Crippen LogP contribution in [0.4, 0.5) is 0 Å². The predicted molar refractivity (Wildman–Crippen MR) is 64.2 cm³/mol. The van der Waals surface area contributed by atoms with Crippen LogP contribution in [0, 0.1) is 25.2 Å². The Balaban J connectivity index is 2.85. The van der Waals surface area contributed by atoms with E-state index >= 15 is 0 Å². The third-order valence-electron chi connectivity index (χ3n) is 2.85. The molecule has 1 N–H and O–H groups in total. The Morgan fingerprint density at radius 1 is 1.44 bits per heavy atom. The number of nitrogens with zero attached hydrogens (tertiary/aromatic N) is 3. The summed E-state index contributed by atoms with van der Waals surface area (Å²) in [5, 5.41) is 16.6. The van der Waals surface area contributed by atoms with Gasteiger partial charge in [0.2, 0.25) is 0 Å². The molecule has 0 fully saturated rings. The van der Waals surface area contributed by atoms with Gasteiger partial charge in [-0.25, -0.2) is 0 Å². The summed E-state index contributed by atoms with van der Waals surface area (Å²) in [4.78, 5) is 0. The smallest absolute Gasteiger partial charge is 0.115 e. The SMILES string of the molecule is CCNC(C#N)Cn1nc(C)c(CC)c1C.